The summed E-state index contributed by atoms with van der Waals surface area (Å²) in [7, 11) is 0. The number of likely N-dealkylation sites (tertiary alicyclic amines) is 1. The Hall–Kier alpha value is -2.01. The van der Waals surface area contributed by atoms with Crippen LogP contribution in [0.1, 0.15) is 41.1 Å². The van der Waals surface area contributed by atoms with Crippen molar-refractivity contribution in [3.05, 3.63) is 69.7 Å². The van der Waals surface area contributed by atoms with Gasteiger partial charge in [0.25, 0.3) is 0 Å². The number of alkyl halides is 3. The fourth-order valence-electron chi connectivity index (χ4n) is 4.27. The van der Waals surface area contributed by atoms with Crippen LogP contribution in [0.15, 0.2) is 42.5 Å². The minimum absolute atomic E-state index is 0.0716. The molecule has 2 atom stereocenters. The van der Waals surface area contributed by atoms with Crippen molar-refractivity contribution in [2.45, 2.75) is 37.9 Å². The second-order valence-electron chi connectivity index (χ2n) is 7.28. The number of rotatable bonds is 3. The van der Waals surface area contributed by atoms with Crippen LogP contribution in [-0.4, -0.2) is 17.4 Å². The third kappa shape index (κ3) is 3.45. The molecule has 2 nitrogen and oxygen atoms in total. The average Bonchev–Trinajstić information content (AvgIpc) is 3.20. The van der Waals surface area contributed by atoms with Crippen molar-refractivity contribution in [2.24, 2.45) is 5.92 Å². The number of benzene rings is 2. The van der Waals surface area contributed by atoms with Gasteiger partial charge < -0.3 is 4.90 Å². The first-order valence-corrected chi connectivity index (χ1v) is 9.46. The number of nitrogens with zero attached hydrogens (tertiary/aromatic N) is 1. The van der Waals surface area contributed by atoms with Crippen LogP contribution in [-0.2, 0) is 23.8 Å². The van der Waals surface area contributed by atoms with Crippen molar-refractivity contribution in [1.29, 1.82) is 0 Å². The highest BCUT2D eigenvalue weighted by Gasteiger charge is 2.39. The molecule has 142 valence electrons. The molecule has 0 N–H and O–H groups in total. The van der Waals surface area contributed by atoms with E-state index in [1.54, 1.807) is 0 Å². The smallest absolute Gasteiger partial charge is 0.335 e. The third-order valence-electron chi connectivity index (χ3n) is 5.67. The Balaban J connectivity index is 1.49. The molecule has 0 bridgehead atoms. The summed E-state index contributed by atoms with van der Waals surface area (Å²) in [4.78, 5) is 14.9. The van der Waals surface area contributed by atoms with Gasteiger partial charge in [-0.1, -0.05) is 41.9 Å². The highest BCUT2D eigenvalue weighted by Crippen LogP contribution is 2.40. The predicted octanol–water partition coefficient (Wildman–Crippen LogP) is 5.44. The number of carbonyl (C=O) groups excluding carboxylic acids is 1. The average molecular weight is 394 g/mol. The lowest BCUT2D eigenvalue weighted by Crippen LogP contribution is -2.31. The first-order valence-electron chi connectivity index (χ1n) is 9.08. The van der Waals surface area contributed by atoms with Gasteiger partial charge in [-0.05, 0) is 54.5 Å². The molecule has 1 heterocycles. The van der Waals surface area contributed by atoms with Crippen LogP contribution in [0.3, 0.4) is 0 Å². The van der Waals surface area contributed by atoms with E-state index in [0.29, 0.717) is 24.9 Å². The molecule has 6 heteroatoms. The van der Waals surface area contributed by atoms with Gasteiger partial charge in [0.05, 0.1) is 11.6 Å². The standard InChI is InChI=1S/C21H19ClF3NO/c22-18-12-16(21(23,24)25)7-5-14(18)11-15-9-10-26(20(15)27)19-8-6-13-3-1-2-4-17(13)19/h1-5,7,12,15,19H,6,8-11H2. The van der Waals surface area contributed by atoms with Gasteiger partial charge in [0.1, 0.15) is 0 Å². The molecule has 2 aromatic carbocycles. The van der Waals surface area contributed by atoms with E-state index in [4.69, 9.17) is 11.6 Å². The monoisotopic (exact) mass is 393 g/mol. The van der Waals surface area contributed by atoms with Gasteiger partial charge in [-0.15, -0.1) is 0 Å². The zero-order valence-electron chi connectivity index (χ0n) is 14.6. The van der Waals surface area contributed by atoms with E-state index in [1.807, 2.05) is 17.0 Å². The Kier molecular flexibility index (Phi) is 4.66. The lowest BCUT2D eigenvalue weighted by molar-refractivity contribution is -0.137. The number of hydrogen-bond donors (Lipinski definition) is 0. The van der Waals surface area contributed by atoms with Gasteiger partial charge in [-0.3, -0.25) is 4.79 Å². The fourth-order valence-corrected chi connectivity index (χ4v) is 4.53. The van der Waals surface area contributed by atoms with Gasteiger partial charge in [-0.2, -0.15) is 13.2 Å². The maximum absolute atomic E-state index is 12.9. The Labute approximate surface area is 160 Å². The normalized spacial score (nSPS) is 22.4. The summed E-state index contributed by atoms with van der Waals surface area (Å²) in [5.41, 5.74) is 2.35. The first-order chi connectivity index (χ1) is 12.8. The summed E-state index contributed by atoms with van der Waals surface area (Å²) in [5.74, 6) is -0.153. The molecule has 0 spiro atoms. The Morgan fingerprint density at radius 3 is 2.63 bits per heavy atom. The van der Waals surface area contributed by atoms with Crippen LogP contribution in [0.4, 0.5) is 13.2 Å². The van der Waals surface area contributed by atoms with Crippen LogP contribution < -0.4 is 0 Å². The molecular weight excluding hydrogens is 375 g/mol. The molecule has 1 fully saturated rings. The van der Waals surface area contributed by atoms with E-state index < -0.39 is 11.7 Å². The van der Waals surface area contributed by atoms with Gasteiger partial charge >= 0.3 is 6.18 Å². The van der Waals surface area contributed by atoms with E-state index in [0.717, 1.165) is 25.0 Å². The van der Waals surface area contributed by atoms with Crippen molar-refractivity contribution in [1.82, 2.24) is 4.90 Å². The molecule has 2 aromatic rings. The zero-order chi connectivity index (χ0) is 19.2. The third-order valence-corrected chi connectivity index (χ3v) is 6.03. The van der Waals surface area contributed by atoms with E-state index in [-0.39, 0.29) is 22.9 Å². The quantitative estimate of drug-likeness (QED) is 0.680. The van der Waals surface area contributed by atoms with Gasteiger partial charge in [0.15, 0.2) is 0 Å². The van der Waals surface area contributed by atoms with Crippen molar-refractivity contribution >= 4 is 17.5 Å². The SMILES string of the molecule is O=C1C(Cc2ccc(C(F)(F)F)cc2Cl)CCN1C1CCc2ccccc21. The summed E-state index contributed by atoms with van der Waals surface area (Å²) in [6.07, 6.45) is -1.44. The molecule has 0 aromatic heterocycles. The minimum Gasteiger partial charge on any atom is -0.335 e. The summed E-state index contributed by atoms with van der Waals surface area (Å²) in [6.45, 7) is 0.681. The van der Waals surface area contributed by atoms with Crippen LogP contribution in [0.25, 0.3) is 0 Å². The summed E-state index contributed by atoms with van der Waals surface area (Å²) in [5, 5.41) is 0.0716. The number of aryl methyl sites for hydroxylation is 1. The van der Waals surface area contributed by atoms with Crippen molar-refractivity contribution in [3.8, 4) is 0 Å². The first kappa shape index (κ1) is 18.4. The minimum atomic E-state index is -4.42. The van der Waals surface area contributed by atoms with Gasteiger partial charge in [0.2, 0.25) is 5.91 Å². The Morgan fingerprint density at radius 2 is 1.89 bits per heavy atom. The lowest BCUT2D eigenvalue weighted by Gasteiger charge is -2.25. The van der Waals surface area contributed by atoms with E-state index >= 15 is 0 Å². The molecule has 2 aliphatic rings. The molecule has 1 aliphatic heterocycles. The predicted molar refractivity (Wildman–Crippen MR) is 97.5 cm³/mol. The maximum Gasteiger partial charge on any atom is 0.416 e. The molecule has 2 unspecified atom stereocenters. The van der Waals surface area contributed by atoms with Crippen molar-refractivity contribution < 1.29 is 18.0 Å². The zero-order valence-corrected chi connectivity index (χ0v) is 15.4. The van der Waals surface area contributed by atoms with E-state index in [1.165, 1.54) is 17.2 Å². The Morgan fingerprint density at radius 1 is 1.11 bits per heavy atom. The van der Waals surface area contributed by atoms with Crippen LogP contribution in [0.2, 0.25) is 5.02 Å². The second kappa shape index (κ2) is 6.86. The maximum atomic E-state index is 12.9. The molecule has 0 radical (unpaired) electrons. The molecule has 0 saturated carbocycles. The molecule has 1 amide bonds. The van der Waals surface area contributed by atoms with Crippen molar-refractivity contribution in [3.63, 3.8) is 0 Å². The molecule has 1 saturated heterocycles. The molecular formula is C21H19ClF3NO. The molecule has 27 heavy (non-hydrogen) atoms. The summed E-state index contributed by atoms with van der Waals surface area (Å²) >= 11 is 6.07. The van der Waals surface area contributed by atoms with Crippen LogP contribution in [0.5, 0.6) is 0 Å². The van der Waals surface area contributed by atoms with E-state index in [9.17, 15) is 18.0 Å². The summed E-state index contributed by atoms with van der Waals surface area (Å²) < 4.78 is 38.4. The highest BCUT2D eigenvalue weighted by molar-refractivity contribution is 6.31. The fraction of sp³-hybridized carbons (Fsp3) is 0.381. The summed E-state index contributed by atoms with van der Waals surface area (Å²) in [6, 6.07) is 11.7. The number of hydrogen-bond acceptors (Lipinski definition) is 1. The molecule has 4 rings (SSSR count). The number of amides is 1. The van der Waals surface area contributed by atoms with Gasteiger partial charge in [0, 0.05) is 17.5 Å². The van der Waals surface area contributed by atoms with Gasteiger partial charge in [-0.25, -0.2) is 0 Å². The molecule has 1 aliphatic carbocycles. The topological polar surface area (TPSA) is 20.3 Å². The Bertz CT molecular complexity index is 880. The largest absolute Gasteiger partial charge is 0.416 e. The second-order valence-corrected chi connectivity index (χ2v) is 7.69. The number of halogens is 4. The lowest BCUT2D eigenvalue weighted by atomic mass is 9.97. The van der Waals surface area contributed by atoms with E-state index in [2.05, 4.69) is 12.1 Å². The highest BCUT2D eigenvalue weighted by atomic mass is 35.5. The number of carbonyl (C=O) groups is 1. The van der Waals surface area contributed by atoms with Crippen LogP contribution in [0, 0.1) is 5.92 Å². The van der Waals surface area contributed by atoms with Crippen LogP contribution >= 0.6 is 11.6 Å². The van der Waals surface area contributed by atoms with Crippen molar-refractivity contribution in [2.75, 3.05) is 6.54 Å². The number of fused-ring (bicyclic) bond motifs is 1.